The number of aliphatic hydroxyl groups excluding tert-OH is 3. The third kappa shape index (κ3) is 7.93. The molecule has 0 amide bonds. The molecular weight excluding hydrogens is 1170 g/mol. The van der Waals surface area contributed by atoms with Gasteiger partial charge in [0.1, 0.15) is 18.0 Å². The van der Waals surface area contributed by atoms with Crippen LogP contribution >= 0.6 is 43.2 Å². The lowest BCUT2D eigenvalue weighted by Gasteiger charge is -2.69. The molecule has 11 fully saturated rings. The SMILES string of the molecule is CN[C@@H]1CSS[C@@H]2CSS[C@H](CNCCC3(c4ccccc4)CCCCC3)[C@@H]3C[C@@H]4[C@H]5C[C@H]1[C@@H](O)[C@@]1(CC[C@H]6C[C@@H]7CC[C@@H]8[C@@H]2c2cc(O)ccc2[C@@]61[C@H]78)[C@@H]5O[C@H]1[C@H](C(=O)Oc2c(CO)[nH]c5ccc6cc7ccccc7cc6c25)O[C@@](O)([C@H]3O)[C@@]41O. The lowest BCUT2D eigenvalue weighted by molar-refractivity contribution is -0.381. The van der Waals surface area contributed by atoms with Gasteiger partial charge < -0.3 is 60.5 Å². The molecule has 5 aromatic carbocycles. The largest absolute Gasteiger partial charge is 0.508 e. The van der Waals surface area contributed by atoms with Crippen LogP contribution in [0.4, 0.5) is 0 Å². The van der Waals surface area contributed by atoms with Crippen LogP contribution in [0.3, 0.4) is 0 Å². The van der Waals surface area contributed by atoms with Crippen LogP contribution in [-0.2, 0) is 31.7 Å². The van der Waals surface area contributed by atoms with E-state index in [4.69, 9.17) is 14.2 Å². The van der Waals surface area contributed by atoms with Gasteiger partial charge in [0.05, 0.1) is 35.4 Å². The van der Waals surface area contributed by atoms with Crippen LogP contribution in [0.1, 0.15) is 112 Å². The normalized spacial score (nSPS) is 42.0. The van der Waals surface area contributed by atoms with Gasteiger partial charge in [0.15, 0.2) is 17.5 Å². The summed E-state index contributed by atoms with van der Waals surface area (Å²) >= 11 is 0. The first-order valence-corrected chi connectivity index (χ1v) is 37.4. The van der Waals surface area contributed by atoms with Gasteiger partial charge in [-0.3, -0.25) is 0 Å². The second kappa shape index (κ2) is 21.3. The van der Waals surface area contributed by atoms with E-state index in [2.05, 4.69) is 76.3 Å². The monoisotopic (exact) mass is 1250 g/mol. The number of aromatic hydroxyl groups is 1. The molecule has 87 heavy (non-hydrogen) atoms. The van der Waals surface area contributed by atoms with Crippen molar-refractivity contribution in [3.05, 3.63) is 119 Å². The Morgan fingerprint density at radius 2 is 1.60 bits per heavy atom. The van der Waals surface area contributed by atoms with Crippen molar-refractivity contribution in [2.75, 3.05) is 31.6 Å². The first kappa shape index (κ1) is 57.4. The first-order chi connectivity index (χ1) is 42.4. The van der Waals surface area contributed by atoms with Crippen LogP contribution < -0.4 is 15.4 Å². The molecule has 1 aromatic heterocycles. The minimum Gasteiger partial charge on any atom is -0.508 e. The summed E-state index contributed by atoms with van der Waals surface area (Å²) in [5.41, 5.74) is 1.00. The van der Waals surface area contributed by atoms with Crippen LogP contribution in [0, 0.1) is 52.8 Å². The Labute approximate surface area is 524 Å². The molecule has 460 valence electrons. The van der Waals surface area contributed by atoms with Gasteiger partial charge in [-0.25, -0.2) is 4.79 Å². The van der Waals surface area contributed by atoms with Crippen molar-refractivity contribution in [2.45, 2.75) is 165 Å². The Hall–Kier alpha value is -3.53. The second-order valence-corrected chi connectivity index (χ2v) is 33.8. The number of rotatable bonds is 10. The summed E-state index contributed by atoms with van der Waals surface area (Å²) in [6.45, 7) is 0.807. The summed E-state index contributed by atoms with van der Waals surface area (Å²) < 4.78 is 21.5. The highest BCUT2D eigenvalue weighted by Gasteiger charge is 2.85. The second-order valence-electron chi connectivity index (χ2n) is 28.5. The molecular formula is C70H81N3O10S4. The number of benzene rings is 5. The smallest absolute Gasteiger partial charge is 0.343 e. The molecule has 2 spiro atoms. The molecule has 9 bridgehead atoms. The first-order valence-electron chi connectivity index (χ1n) is 32.6. The number of phenolic OH excluding ortho intramolecular Hbond substituents is 1. The number of fused-ring (bicyclic) bond motifs is 4. The number of aromatic nitrogens is 1. The lowest BCUT2D eigenvalue weighted by atomic mass is 9.39. The highest BCUT2D eigenvalue weighted by Crippen LogP contribution is 2.82. The van der Waals surface area contributed by atoms with Crippen molar-refractivity contribution in [1.29, 1.82) is 0 Å². The van der Waals surface area contributed by atoms with E-state index in [1.807, 2.05) is 75.8 Å². The Morgan fingerprint density at radius 1 is 0.793 bits per heavy atom. The van der Waals surface area contributed by atoms with Gasteiger partial charge in [-0.2, -0.15) is 0 Å². The summed E-state index contributed by atoms with van der Waals surface area (Å²) in [5, 5.41) is 91.1. The van der Waals surface area contributed by atoms with E-state index in [9.17, 15) is 30.6 Å². The molecule has 7 aliphatic heterocycles. The third-order valence-electron chi connectivity index (χ3n) is 25.5. The molecule has 20 rings (SSSR count). The number of H-pyrrole nitrogens is 1. The number of carbonyl (C=O) groups excluding carboxylic acids is 1. The van der Waals surface area contributed by atoms with Gasteiger partial charge in [0, 0.05) is 69.1 Å². The maximum Gasteiger partial charge on any atom is 0.343 e. The fourth-order valence-corrected chi connectivity index (χ4v) is 29.3. The van der Waals surface area contributed by atoms with E-state index in [1.165, 1.54) is 36.0 Å². The zero-order valence-electron chi connectivity index (χ0n) is 49.2. The molecule has 21 atom stereocenters. The van der Waals surface area contributed by atoms with Crippen molar-refractivity contribution in [3.63, 3.8) is 0 Å². The molecule has 8 heterocycles. The minimum atomic E-state index is -2.69. The van der Waals surface area contributed by atoms with Crippen LogP contribution in [0.25, 0.3) is 32.4 Å². The quantitative estimate of drug-likeness (QED) is 0.0271. The number of hydrogen-bond acceptors (Lipinski definition) is 16. The van der Waals surface area contributed by atoms with E-state index >= 15 is 4.79 Å². The maximum absolute atomic E-state index is 16.0. The van der Waals surface area contributed by atoms with Gasteiger partial charge in [-0.05, 0) is 181 Å². The van der Waals surface area contributed by atoms with Gasteiger partial charge in [-0.15, -0.1) is 0 Å². The molecule has 6 aromatic rings. The van der Waals surface area contributed by atoms with E-state index in [0.29, 0.717) is 42.6 Å². The standard InChI is InChI=1S/C70H81N3O10S4/c1-71-53-34-84-87-55-35-85-86-54(32-72-25-24-66(21-8-3-9-22-66)40-12-4-2-5-13-40)48-31-50-46-30-47(53)61(76)67(23-20-41-27-39-14-17-43-56(55)45-29-42(75)16-18-49(45)68(41,67)58(39)43)63(46)82-64-60(83-70(80,62(48)77)69(50,64)79)65(78)81-59-52(33-74)73-51-19-15-38-26-36-10-6-7-11-37(36)28-44(38)57(51)59/h2,4-7,10-13,15-16,18-19,26,28-29,39,41,43,46-48,50,53-56,58,60-64,71-77,79-80H,3,8-9,14,17,20-25,27,30-35H2,1H3/t39-,41-,43+,46+,47+,48-,50+,53+,54+,55+,56+,58+,60+,61+,62-,63+,64-,67-,68+,69+,70-/m0/s1. The average Bonchev–Trinajstić information content (AvgIpc) is 1.53. The molecule has 7 aliphatic carbocycles. The Bertz CT molecular complexity index is 3680. The number of carbonyl (C=O) groups is 1. The number of aliphatic hydroxyl groups is 5. The Morgan fingerprint density at radius 3 is 2.41 bits per heavy atom. The summed E-state index contributed by atoms with van der Waals surface area (Å²) in [4.78, 5) is 19.3. The number of hydrogen-bond donors (Lipinski definition) is 9. The van der Waals surface area contributed by atoms with Crippen molar-refractivity contribution in [2.24, 2.45) is 52.8 Å². The molecule has 5 saturated heterocycles. The van der Waals surface area contributed by atoms with Crippen molar-refractivity contribution < 1.29 is 49.6 Å². The van der Waals surface area contributed by atoms with Gasteiger partial charge in [-0.1, -0.05) is 129 Å². The van der Waals surface area contributed by atoms with Crippen molar-refractivity contribution in [1.82, 2.24) is 15.6 Å². The molecule has 17 heteroatoms. The van der Waals surface area contributed by atoms with Gasteiger partial charge in [0.2, 0.25) is 5.79 Å². The van der Waals surface area contributed by atoms with Crippen LogP contribution in [0.15, 0.2) is 97.1 Å². The van der Waals surface area contributed by atoms with E-state index in [1.54, 1.807) is 10.8 Å². The van der Waals surface area contributed by atoms with Crippen molar-refractivity contribution in [3.8, 4) is 11.5 Å². The van der Waals surface area contributed by atoms with E-state index < -0.39 is 83.1 Å². The molecule has 13 nitrogen and oxygen atoms in total. The topological polar surface area (TPSA) is 206 Å². The maximum atomic E-state index is 16.0. The average molecular weight is 1250 g/mol. The zero-order chi connectivity index (χ0) is 58.9. The van der Waals surface area contributed by atoms with Crippen LogP contribution in [0.2, 0.25) is 0 Å². The third-order valence-corrected chi connectivity index (χ3v) is 31.5. The van der Waals surface area contributed by atoms with Crippen LogP contribution in [0.5, 0.6) is 11.5 Å². The van der Waals surface area contributed by atoms with Crippen LogP contribution in [-0.4, -0.2) is 132 Å². The zero-order valence-corrected chi connectivity index (χ0v) is 52.5. The van der Waals surface area contributed by atoms with Crippen molar-refractivity contribution >= 4 is 81.6 Å². The Kier molecular flexibility index (Phi) is 14.0. The summed E-state index contributed by atoms with van der Waals surface area (Å²) in [6.07, 6.45) is 5.93. The summed E-state index contributed by atoms with van der Waals surface area (Å²) in [6, 6.07) is 33.3. The van der Waals surface area contributed by atoms with Gasteiger partial charge >= 0.3 is 5.97 Å². The minimum absolute atomic E-state index is 0.0590. The predicted molar refractivity (Wildman–Crippen MR) is 345 cm³/mol. The lowest BCUT2D eigenvalue weighted by Crippen LogP contribution is -2.80. The summed E-state index contributed by atoms with van der Waals surface area (Å²) in [7, 11) is 9.53. The number of ether oxygens (including phenoxy) is 3. The van der Waals surface area contributed by atoms with E-state index in [0.717, 1.165) is 84.5 Å². The summed E-state index contributed by atoms with van der Waals surface area (Å²) in [5.74, 6) is -2.52. The Balaban J connectivity index is 0.838. The number of phenols is 1. The molecule has 14 aliphatic rings. The molecule has 0 radical (unpaired) electrons. The number of esters is 1. The number of nitrogens with one attached hydrogen (secondary N) is 3. The predicted octanol–water partition coefficient (Wildman–Crippen LogP) is 10.6. The molecule has 0 unspecified atom stereocenters. The number of aromatic amines is 1. The fraction of sp³-hybridized carbons (Fsp3) is 0.586. The van der Waals surface area contributed by atoms with Gasteiger partial charge in [0.25, 0.3) is 0 Å². The highest BCUT2D eigenvalue weighted by atomic mass is 33.1. The molecule has 9 N–H and O–H groups in total. The fourth-order valence-electron chi connectivity index (χ4n) is 22.3. The molecule has 6 saturated carbocycles. The highest BCUT2D eigenvalue weighted by molar-refractivity contribution is 8.78. The van der Waals surface area contributed by atoms with E-state index in [-0.39, 0.29) is 68.7 Å².